The van der Waals surface area contributed by atoms with Gasteiger partial charge in [-0.1, -0.05) is 23.7 Å². The zero-order valence-corrected chi connectivity index (χ0v) is 14.2. The van der Waals surface area contributed by atoms with E-state index in [1.54, 1.807) is 4.68 Å². The third-order valence-electron chi connectivity index (χ3n) is 4.54. The van der Waals surface area contributed by atoms with Crippen molar-refractivity contribution >= 4 is 23.3 Å². The van der Waals surface area contributed by atoms with Crippen molar-refractivity contribution in [2.75, 3.05) is 5.32 Å². The van der Waals surface area contributed by atoms with Crippen LogP contribution in [0.2, 0.25) is 5.02 Å². The van der Waals surface area contributed by atoms with Crippen LogP contribution in [0.15, 0.2) is 42.6 Å². The molecule has 0 aliphatic carbocycles. The van der Waals surface area contributed by atoms with E-state index >= 15 is 0 Å². The van der Waals surface area contributed by atoms with Crippen LogP contribution in [0.4, 0.5) is 5.82 Å². The summed E-state index contributed by atoms with van der Waals surface area (Å²) in [5.41, 5.74) is 4.35. The molecule has 0 bridgehead atoms. The van der Waals surface area contributed by atoms with Crippen LogP contribution in [-0.4, -0.2) is 20.3 Å². The quantitative estimate of drug-likeness (QED) is 0.775. The monoisotopic (exact) mass is 340 g/mol. The van der Waals surface area contributed by atoms with Gasteiger partial charge in [-0.05, 0) is 29.8 Å². The largest absolute Gasteiger partial charge is 0.347 e. The predicted molar refractivity (Wildman–Crippen MR) is 94.2 cm³/mol. The summed E-state index contributed by atoms with van der Waals surface area (Å²) in [5.74, 6) is 0.668. The molecule has 1 atom stereocenters. The summed E-state index contributed by atoms with van der Waals surface area (Å²) in [6.07, 6.45) is 2.41. The van der Waals surface area contributed by atoms with E-state index in [9.17, 15) is 4.79 Å². The number of hydrogen-bond acceptors (Lipinski definition) is 2. The van der Waals surface area contributed by atoms with Gasteiger partial charge in [0.1, 0.15) is 0 Å². The van der Waals surface area contributed by atoms with Crippen molar-refractivity contribution in [1.82, 2.24) is 14.3 Å². The number of carbonyl (C=O) groups excluding carboxylic acids is 1. The van der Waals surface area contributed by atoms with Gasteiger partial charge in [0.2, 0.25) is 5.91 Å². The van der Waals surface area contributed by atoms with Crippen LogP contribution in [0.25, 0.3) is 11.3 Å². The summed E-state index contributed by atoms with van der Waals surface area (Å²) in [6.45, 7) is 0. The van der Waals surface area contributed by atoms with Gasteiger partial charge in [0.25, 0.3) is 0 Å². The first-order chi connectivity index (χ1) is 11.5. The van der Waals surface area contributed by atoms with Gasteiger partial charge in [-0.2, -0.15) is 5.10 Å². The highest BCUT2D eigenvalue weighted by atomic mass is 35.5. The van der Waals surface area contributed by atoms with E-state index in [1.807, 2.05) is 44.6 Å². The van der Waals surface area contributed by atoms with Crippen molar-refractivity contribution in [2.24, 2.45) is 14.1 Å². The van der Waals surface area contributed by atoms with E-state index in [0.29, 0.717) is 12.2 Å². The fourth-order valence-electron chi connectivity index (χ4n) is 3.39. The van der Waals surface area contributed by atoms with E-state index in [1.165, 1.54) is 0 Å². The lowest BCUT2D eigenvalue weighted by atomic mass is 9.91. The van der Waals surface area contributed by atoms with Gasteiger partial charge in [-0.25, -0.2) is 0 Å². The van der Waals surface area contributed by atoms with E-state index in [-0.39, 0.29) is 11.8 Å². The molecule has 1 aliphatic heterocycles. The standard InChI is InChI=1S/C18H17ClN4O/c1-22-10-14-13(9-17(24)20-18(14)21-22)16-8-7-15(23(16)2)11-3-5-12(19)6-4-11/h3-8,10,13H,9H2,1-2H3,(H,20,21,24). The second-order valence-electron chi connectivity index (χ2n) is 6.12. The van der Waals surface area contributed by atoms with Gasteiger partial charge in [0, 0.05) is 54.6 Å². The van der Waals surface area contributed by atoms with Crippen molar-refractivity contribution < 1.29 is 4.79 Å². The molecule has 5 nitrogen and oxygen atoms in total. The normalized spacial score (nSPS) is 16.8. The van der Waals surface area contributed by atoms with E-state index in [2.05, 4.69) is 27.1 Å². The Bertz CT molecular complexity index is 923. The second kappa shape index (κ2) is 5.53. The predicted octanol–water partition coefficient (Wildman–Crippen LogP) is 3.55. The van der Waals surface area contributed by atoms with Crippen LogP contribution >= 0.6 is 11.6 Å². The highest BCUT2D eigenvalue weighted by Crippen LogP contribution is 2.38. The summed E-state index contributed by atoms with van der Waals surface area (Å²) in [4.78, 5) is 12.1. The maximum Gasteiger partial charge on any atom is 0.226 e. The summed E-state index contributed by atoms with van der Waals surface area (Å²) in [7, 11) is 3.90. The number of nitrogens with one attached hydrogen (secondary N) is 1. The van der Waals surface area contributed by atoms with Crippen molar-refractivity contribution in [1.29, 1.82) is 0 Å². The van der Waals surface area contributed by atoms with Gasteiger partial charge in [0.15, 0.2) is 5.82 Å². The molecule has 0 saturated heterocycles. The minimum atomic E-state index is 0.000410. The molecule has 4 rings (SSSR count). The van der Waals surface area contributed by atoms with Crippen LogP contribution < -0.4 is 5.32 Å². The smallest absolute Gasteiger partial charge is 0.226 e. The third-order valence-corrected chi connectivity index (χ3v) is 4.79. The molecule has 1 N–H and O–H groups in total. The number of aryl methyl sites for hydroxylation is 1. The average molecular weight is 341 g/mol. The molecule has 0 saturated carbocycles. The minimum absolute atomic E-state index is 0.000410. The Hall–Kier alpha value is -2.53. The molecule has 3 aromatic rings. The molecule has 1 aromatic carbocycles. The molecule has 1 aliphatic rings. The molecular formula is C18H17ClN4O. The number of anilines is 1. The van der Waals surface area contributed by atoms with E-state index in [4.69, 9.17) is 11.6 Å². The maximum atomic E-state index is 12.1. The molecule has 6 heteroatoms. The average Bonchev–Trinajstić information content (AvgIpc) is 3.09. The highest BCUT2D eigenvalue weighted by molar-refractivity contribution is 6.30. The molecular weight excluding hydrogens is 324 g/mol. The molecule has 0 radical (unpaired) electrons. The molecule has 2 aromatic heterocycles. The highest BCUT2D eigenvalue weighted by Gasteiger charge is 2.31. The zero-order valence-electron chi connectivity index (χ0n) is 13.5. The Balaban J connectivity index is 1.78. The Kier molecular flexibility index (Phi) is 3.46. The van der Waals surface area contributed by atoms with Gasteiger partial charge < -0.3 is 9.88 Å². The van der Waals surface area contributed by atoms with Crippen molar-refractivity contribution in [2.45, 2.75) is 12.3 Å². The Morgan fingerprint density at radius 2 is 1.92 bits per heavy atom. The van der Waals surface area contributed by atoms with Crippen molar-refractivity contribution in [3.63, 3.8) is 0 Å². The van der Waals surface area contributed by atoms with Crippen LogP contribution in [0, 0.1) is 0 Å². The molecule has 0 fully saturated rings. The number of hydrogen-bond donors (Lipinski definition) is 1. The molecule has 0 spiro atoms. The number of benzene rings is 1. The van der Waals surface area contributed by atoms with Crippen LogP contribution in [0.3, 0.4) is 0 Å². The maximum absolute atomic E-state index is 12.1. The van der Waals surface area contributed by atoms with E-state index < -0.39 is 0 Å². The summed E-state index contributed by atoms with van der Waals surface area (Å²) in [5, 5.41) is 7.91. The number of rotatable bonds is 2. The third kappa shape index (κ3) is 2.41. The SMILES string of the molecule is Cn1cc2c(n1)NC(=O)CC2c1ccc(-c2ccc(Cl)cc2)n1C. The molecule has 122 valence electrons. The number of nitrogens with zero attached hydrogens (tertiary/aromatic N) is 3. The number of carbonyl (C=O) groups is 1. The number of amides is 1. The summed E-state index contributed by atoms with van der Waals surface area (Å²) >= 11 is 5.98. The second-order valence-corrected chi connectivity index (χ2v) is 6.56. The zero-order chi connectivity index (χ0) is 16.8. The summed E-state index contributed by atoms with van der Waals surface area (Å²) in [6, 6.07) is 12.0. The van der Waals surface area contributed by atoms with Gasteiger partial charge in [-0.15, -0.1) is 0 Å². The first kappa shape index (κ1) is 15.0. The lowest BCUT2D eigenvalue weighted by molar-refractivity contribution is -0.116. The topological polar surface area (TPSA) is 51.9 Å². The van der Waals surface area contributed by atoms with Crippen LogP contribution in [0.5, 0.6) is 0 Å². The van der Waals surface area contributed by atoms with Gasteiger partial charge >= 0.3 is 0 Å². The number of halogens is 1. The first-order valence-corrected chi connectivity index (χ1v) is 8.15. The molecule has 1 unspecified atom stereocenters. The Morgan fingerprint density at radius 1 is 1.17 bits per heavy atom. The fourth-order valence-corrected chi connectivity index (χ4v) is 3.51. The molecule has 3 heterocycles. The fraction of sp³-hybridized carbons (Fsp3) is 0.222. The van der Waals surface area contributed by atoms with Crippen LogP contribution in [0.1, 0.15) is 23.6 Å². The van der Waals surface area contributed by atoms with E-state index in [0.717, 1.165) is 27.5 Å². The first-order valence-electron chi connectivity index (χ1n) is 7.78. The van der Waals surface area contributed by atoms with Crippen LogP contribution in [-0.2, 0) is 18.9 Å². The number of aromatic nitrogens is 3. The Labute approximate surface area is 144 Å². The lowest BCUT2D eigenvalue weighted by Crippen LogP contribution is -2.24. The minimum Gasteiger partial charge on any atom is -0.347 e. The number of fused-ring (bicyclic) bond motifs is 1. The summed E-state index contributed by atoms with van der Waals surface area (Å²) < 4.78 is 3.88. The van der Waals surface area contributed by atoms with Gasteiger partial charge in [-0.3, -0.25) is 9.48 Å². The molecule has 24 heavy (non-hydrogen) atoms. The van der Waals surface area contributed by atoms with Crippen molar-refractivity contribution in [3.8, 4) is 11.3 Å². The van der Waals surface area contributed by atoms with Gasteiger partial charge in [0.05, 0.1) is 0 Å². The lowest BCUT2D eigenvalue weighted by Gasteiger charge is -2.22. The van der Waals surface area contributed by atoms with Crippen molar-refractivity contribution in [3.05, 3.63) is 58.9 Å². The molecule has 1 amide bonds. The Morgan fingerprint density at radius 3 is 2.67 bits per heavy atom.